The van der Waals surface area contributed by atoms with Gasteiger partial charge in [0.1, 0.15) is 0 Å². The van der Waals surface area contributed by atoms with E-state index in [-0.39, 0.29) is 0 Å². The van der Waals surface area contributed by atoms with Gasteiger partial charge in [0.25, 0.3) is 0 Å². The number of hydrogen-bond donors (Lipinski definition) is 1. The van der Waals surface area contributed by atoms with Gasteiger partial charge in [-0.3, -0.25) is 4.68 Å². The van der Waals surface area contributed by atoms with Gasteiger partial charge in [-0.15, -0.1) is 0 Å². The van der Waals surface area contributed by atoms with Crippen LogP contribution in [0.25, 0.3) is 0 Å². The summed E-state index contributed by atoms with van der Waals surface area (Å²) < 4.78 is 4.35. The summed E-state index contributed by atoms with van der Waals surface area (Å²) in [4.78, 5) is 0. The maximum absolute atomic E-state index is 4.57. The molecule has 0 amide bonds. The van der Waals surface area contributed by atoms with Crippen LogP contribution in [0.2, 0.25) is 0 Å². The van der Waals surface area contributed by atoms with Crippen molar-refractivity contribution in [2.75, 3.05) is 7.05 Å². The van der Waals surface area contributed by atoms with E-state index in [1.807, 2.05) is 14.0 Å². The average molecular weight is 415 g/mol. The first kappa shape index (κ1) is 16.7. The molecule has 2 aromatic rings. The molecule has 5 heteroatoms. The molecule has 21 heavy (non-hydrogen) atoms. The van der Waals surface area contributed by atoms with Crippen LogP contribution in [0.4, 0.5) is 0 Å². The summed E-state index contributed by atoms with van der Waals surface area (Å²) in [6, 6.07) is 8.93. The molecule has 1 N–H and O–H groups in total. The van der Waals surface area contributed by atoms with Gasteiger partial charge in [-0.2, -0.15) is 5.10 Å². The molecule has 0 saturated carbocycles. The Hall–Kier alpha value is -0.650. The first-order chi connectivity index (χ1) is 10.0. The molecule has 1 unspecified atom stereocenters. The SMILES string of the molecule is CCn1nc(C)c(Br)c1CC(Cc1ccc(Br)cc1)NC. The molecule has 0 spiro atoms. The lowest BCUT2D eigenvalue weighted by molar-refractivity contribution is 0.519. The van der Waals surface area contributed by atoms with Crippen molar-refractivity contribution >= 4 is 31.9 Å². The number of halogens is 2. The Labute approximate surface area is 143 Å². The zero-order valence-corrected chi connectivity index (χ0v) is 15.8. The number of rotatable bonds is 6. The van der Waals surface area contributed by atoms with Crippen molar-refractivity contribution in [2.24, 2.45) is 0 Å². The van der Waals surface area contributed by atoms with Crippen molar-refractivity contribution in [3.8, 4) is 0 Å². The number of nitrogens with zero attached hydrogens (tertiary/aromatic N) is 2. The lowest BCUT2D eigenvalue weighted by Crippen LogP contribution is -2.31. The van der Waals surface area contributed by atoms with Gasteiger partial charge in [0, 0.05) is 23.5 Å². The highest BCUT2D eigenvalue weighted by molar-refractivity contribution is 9.10. The maximum Gasteiger partial charge on any atom is 0.0738 e. The fourth-order valence-electron chi connectivity index (χ4n) is 2.48. The number of likely N-dealkylation sites (N-methyl/N-ethyl adjacent to an activating group) is 1. The summed E-state index contributed by atoms with van der Waals surface area (Å²) in [5.41, 5.74) is 3.67. The summed E-state index contributed by atoms with van der Waals surface area (Å²) >= 11 is 7.16. The molecule has 0 saturated heterocycles. The molecular weight excluding hydrogens is 394 g/mol. The largest absolute Gasteiger partial charge is 0.316 e. The van der Waals surface area contributed by atoms with Gasteiger partial charge < -0.3 is 5.32 Å². The molecule has 2 rings (SSSR count). The number of benzene rings is 1. The van der Waals surface area contributed by atoms with E-state index in [1.54, 1.807) is 0 Å². The van der Waals surface area contributed by atoms with E-state index in [0.29, 0.717) is 6.04 Å². The zero-order chi connectivity index (χ0) is 15.4. The second-order valence-electron chi connectivity index (χ2n) is 5.18. The van der Waals surface area contributed by atoms with E-state index in [2.05, 4.69) is 78.1 Å². The van der Waals surface area contributed by atoms with E-state index >= 15 is 0 Å². The van der Waals surface area contributed by atoms with Gasteiger partial charge in [-0.1, -0.05) is 28.1 Å². The molecule has 1 heterocycles. The normalized spacial score (nSPS) is 12.6. The predicted molar refractivity (Wildman–Crippen MR) is 94.7 cm³/mol. The Morgan fingerprint density at radius 1 is 1.19 bits per heavy atom. The Morgan fingerprint density at radius 2 is 1.86 bits per heavy atom. The zero-order valence-electron chi connectivity index (χ0n) is 12.7. The van der Waals surface area contributed by atoms with Gasteiger partial charge in [-0.05, 0) is 60.9 Å². The topological polar surface area (TPSA) is 29.9 Å². The van der Waals surface area contributed by atoms with E-state index in [1.165, 1.54) is 11.3 Å². The molecular formula is C16H21Br2N3. The minimum atomic E-state index is 0.392. The number of aryl methyl sites for hydroxylation is 2. The molecule has 0 radical (unpaired) electrons. The second-order valence-corrected chi connectivity index (χ2v) is 6.89. The summed E-state index contributed by atoms with van der Waals surface area (Å²) in [6.45, 7) is 5.07. The van der Waals surface area contributed by atoms with Crippen molar-refractivity contribution in [1.29, 1.82) is 0 Å². The predicted octanol–water partition coefficient (Wildman–Crippen LogP) is 4.11. The summed E-state index contributed by atoms with van der Waals surface area (Å²) in [6.07, 6.45) is 1.96. The van der Waals surface area contributed by atoms with Crippen LogP contribution in [0.15, 0.2) is 33.2 Å². The van der Waals surface area contributed by atoms with Crippen molar-refractivity contribution in [3.05, 3.63) is 50.2 Å². The van der Waals surface area contributed by atoms with Gasteiger partial charge in [0.05, 0.1) is 15.9 Å². The van der Waals surface area contributed by atoms with Crippen molar-refractivity contribution < 1.29 is 0 Å². The van der Waals surface area contributed by atoms with E-state index in [0.717, 1.165) is 34.0 Å². The van der Waals surface area contributed by atoms with Gasteiger partial charge in [-0.25, -0.2) is 0 Å². The van der Waals surface area contributed by atoms with Gasteiger partial charge in [0.2, 0.25) is 0 Å². The van der Waals surface area contributed by atoms with Crippen molar-refractivity contribution in [3.63, 3.8) is 0 Å². The van der Waals surface area contributed by atoms with Crippen molar-refractivity contribution in [1.82, 2.24) is 15.1 Å². The fourth-order valence-corrected chi connectivity index (χ4v) is 3.19. The van der Waals surface area contributed by atoms with Crippen LogP contribution >= 0.6 is 31.9 Å². The highest BCUT2D eigenvalue weighted by Gasteiger charge is 2.17. The van der Waals surface area contributed by atoms with Crippen LogP contribution in [0.3, 0.4) is 0 Å². The standard InChI is InChI=1S/C16H21Br2N3/c1-4-21-15(16(18)11(2)20-21)10-14(19-3)9-12-5-7-13(17)8-6-12/h5-8,14,19H,4,9-10H2,1-3H3. The molecule has 3 nitrogen and oxygen atoms in total. The van der Waals surface area contributed by atoms with E-state index in [4.69, 9.17) is 0 Å². The summed E-state index contributed by atoms with van der Waals surface area (Å²) in [5.74, 6) is 0. The minimum Gasteiger partial charge on any atom is -0.316 e. The molecule has 0 aliphatic heterocycles. The van der Waals surface area contributed by atoms with Crippen LogP contribution in [-0.2, 0) is 19.4 Å². The fraction of sp³-hybridized carbons (Fsp3) is 0.438. The van der Waals surface area contributed by atoms with E-state index < -0.39 is 0 Å². The molecule has 1 aromatic heterocycles. The first-order valence-corrected chi connectivity index (χ1v) is 8.77. The van der Waals surface area contributed by atoms with Crippen molar-refractivity contribution in [2.45, 2.75) is 39.3 Å². The van der Waals surface area contributed by atoms with Gasteiger partial charge in [0.15, 0.2) is 0 Å². The van der Waals surface area contributed by atoms with Gasteiger partial charge >= 0.3 is 0 Å². The lowest BCUT2D eigenvalue weighted by Gasteiger charge is -2.17. The molecule has 0 fully saturated rings. The molecule has 0 aliphatic rings. The summed E-state index contributed by atoms with van der Waals surface area (Å²) in [7, 11) is 2.02. The molecule has 0 aliphatic carbocycles. The van der Waals surface area contributed by atoms with Crippen LogP contribution in [0.1, 0.15) is 23.9 Å². The number of aromatic nitrogens is 2. The molecule has 1 atom stereocenters. The average Bonchev–Trinajstić information content (AvgIpc) is 2.76. The Balaban J connectivity index is 2.14. The van der Waals surface area contributed by atoms with Crippen LogP contribution in [-0.4, -0.2) is 22.9 Å². The Morgan fingerprint density at radius 3 is 2.43 bits per heavy atom. The smallest absolute Gasteiger partial charge is 0.0738 e. The molecule has 0 bridgehead atoms. The van der Waals surface area contributed by atoms with Crippen LogP contribution in [0.5, 0.6) is 0 Å². The highest BCUT2D eigenvalue weighted by atomic mass is 79.9. The number of hydrogen-bond acceptors (Lipinski definition) is 2. The van der Waals surface area contributed by atoms with Crippen LogP contribution in [0, 0.1) is 6.92 Å². The quantitative estimate of drug-likeness (QED) is 0.770. The Bertz CT molecular complexity index is 590. The maximum atomic E-state index is 4.57. The van der Waals surface area contributed by atoms with E-state index in [9.17, 15) is 0 Å². The monoisotopic (exact) mass is 413 g/mol. The molecule has 1 aromatic carbocycles. The minimum absolute atomic E-state index is 0.392. The highest BCUT2D eigenvalue weighted by Crippen LogP contribution is 2.23. The lowest BCUT2D eigenvalue weighted by atomic mass is 10.0. The molecule has 114 valence electrons. The second kappa shape index (κ2) is 7.56. The third-order valence-corrected chi connectivity index (χ3v) is 5.26. The third-order valence-electron chi connectivity index (χ3n) is 3.70. The first-order valence-electron chi connectivity index (χ1n) is 7.18. The third kappa shape index (κ3) is 4.18. The summed E-state index contributed by atoms with van der Waals surface area (Å²) in [5, 5.41) is 8.00. The Kier molecular flexibility index (Phi) is 6.02. The number of nitrogens with one attached hydrogen (secondary N) is 1. The van der Waals surface area contributed by atoms with Crippen LogP contribution < -0.4 is 5.32 Å².